The molecule has 1 heterocycles. The lowest BCUT2D eigenvalue weighted by atomic mass is 10.3. The van der Waals surface area contributed by atoms with Crippen molar-refractivity contribution in [3.63, 3.8) is 0 Å². The molecule has 0 bridgehead atoms. The number of carbonyl (C=O) groups is 2. The predicted molar refractivity (Wildman–Crippen MR) is 65.1 cm³/mol. The number of amides is 1. The Labute approximate surface area is 107 Å². The molecular weight excluding hydrogens is 258 g/mol. The second-order valence-corrected chi connectivity index (χ2v) is 3.87. The number of furan rings is 1. The normalized spacial score (nSPS) is 10.1. The Morgan fingerprint density at radius 1 is 1.06 bits per heavy atom. The number of carbonyl (C=O) groups excluding carboxylic acids is 1. The van der Waals surface area contributed by atoms with Crippen LogP contribution in [0.25, 0.3) is 0 Å². The van der Waals surface area contributed by atoms with Gasteiger partial charge in [0, 0.05) is 10.7 Å². The van der Waals surface area contributed by atoms with Gasteiger partial charge < -0.3 is 14.8 Å². The Morgan fingerprint density at radius 3 is 2.22 bits per heavy atom. The number of nitrogens with one attached hydrogen (secondary N) is 1. The van der Waals surface area contributed by atoms with Gasteiger partial charge in [0.15, 0.2) is 5.76 Å². The molecule has 1 aromatic carbocycles. The average molecular weight is 266 g/mol. The fraction of sp³-hybridized carbons (Fsp3) is 0. The average Bonchev–Trinajstić information content (AvgIpc) is 2.81. The van der Waals surface area contributed by atoms with Crippen LogP contribution in [0.2, 0.25) is 5.02 Å². The zero-order chi connectivity index (χ0) is 13.1. The molecular formula is C12H8ClNO4. The summed E-state index contributed by atoms with van der Waals surface area (Å²) in [7, 11) is 0. The number of aromatic carboxylic acids is 1. The van der Waals surface area contributed by atoms with E-state index in [1.54, 1.807) is 24.3 Å². The van der Waals surface area contributed by atoms with E-state index in [2.05, 4.69) is 5.32 Å². The van der Waals surface area contributed by atoms with Crippen molar-refractivity contribution in [2.45, 2.75) is 0 Å². The topological polar surface area (TPSA) is 79.5 Å². The maximum Gasteiger partial charge on any atom is 0.371 e. The monoisotopic (exact) mass is 265 g/mol. The molecule has 0 saturated heterocycles. The highest BCUT2D eigenvalue weighted by molar-refractivity contribution is 6.30. The molecule has 0 saturated carbocycles. The first-order valence-corrected chi connectivity index (χ1v) is 5.34. The van der Waals surface area contributed by atoms with Gasteiger partial charge >= 0.3 is 5.97 Å². The molecule has 0 atom stereocenters. The third-order valence-electron chi connectivity index (χ3n) is 2.14. The van der Waals surface area contributed by atoms with Gasteiger partial charge in [0.05, 0.1) is 0 Å². The van der Waals surface area contributed by atoms with Gasteiger partial charge in [-0.15, -0.1) is 0 Å². The molecule has 6 heteroatoms. The Hall–Kier alpha value is -2.27. The SMILES string of the molecule is O=C(O)c1ccc(C(=O)Nc2ccc(Cl)cc2)o1. The van der Waals surface area contributed by atoms with Crippen molar-refractivity contribution < 1.29 is 19.1 Å². The van der Waals surface area contributed by atoms with Gasteiger partial charge in [0.1, 0.15) is 0 Å². The summed E-state index contributed by atoms with van der Waals surface area (Å²) in [6, 6.07) is 9.03. The van der Waals surface area contributed by atoms with Gasteiger partial charge in [-0.3, -0.25) is 4.79 Å². The van der Waals surface area contributed by atoms with Gasteiger partial charge in [0.2, 0.25) is 5.76 Å². The molecule has 2 N–H and O–H groups in total. The van der Waals surface area contributed by atoms with E-state index in [0.717, 1.165) is 0 Å². The van der Waals surface area contributed by atoms with E-state index in [9.17, 15) is 9.59 Å². The zero-order valence-electron chi connectivity index (χ0n) is 9.01. The van der Waals surface area contributed by atoms with Crippen LogP contribution in [0.3, 0.4) is 0 Å². The first kappa shape index (κ1) is 12.2. The minimum atomic E-state index is -1.22. The minimum absolute atomic E-state index is 0.0673. The highest BCUT2D eigenvalue weighted by Crippen LogP contribution is 2.15. The second-order valence-electron chi connectivity index (χ2n) is 3.43. The van der Waals surface area contributed by atoms with E-state index in [1.807, 2.05) is 0 Å². The fourth-order valence-electron chi connectivity index (χ4n) is 1.30. The summed E-state index contributed by atoms with van der Waals surface area (Å²) >= 11 is 5.71. The number of rotatable bonds is 3. The molecule has 0 aliphatic rings. The molecule has 0 spiro atoms. The molecule has 1 aromatic heterocycles. The van der Waals surface area contributed by atoms with Crippen LogP contribution in [-0.2, 0) is 0 Å². The van der Waals surface area contributed by atoms with Gasteiger partial charge in [-0.1, -0.05) is 11.6 Å². The van der Waals surface area contributed by atoms with Crippen LogP contribution < -0.4 is 5.32 Å². The van der Waals surface area contributed by atoms with E-state index in [0.29, 0.717) is 10.7 Å². The summed E-state index contributed by atoms with van der Waals surface area (Å²) in [4.78, 5) is 22.3. The van der Waals surface area contributed by atoms with E-state index in [4.69, 9.17) is 21.1 Å². The van der Waals surface area contributed by atoms with E-state index < -0.39 is 11.9 Å². The fourth-order valence-corrected chi connectivity index (χ4v) is 1.43. The van der Waals surface area contributed by atoms with Crippen LogP contribution in [-0.4, -0.2) is 17.0 Å². The quantitative estimate of drug-likeness (QED) is 0.894. The molecule has 18 heavy (non-hydrogen) atoms. The van der Waals surface area contributed by atoms with Crippen molar-refractivity contribution in [2.24, 2.45) is 0 Å². The third kappa shape index (κ3) is 2.70. The van der Waals surface area contributed by atoms with E-state index in [-0.39, 0.29) is 11.5 Å². The molecule has 0 unspecified atom stereocenters. The van der Waals surface area contributed by atoms with E-state index >= 15 is 0 Å². The largest absolute Gasteiger partial charge is 0.475 e. The van der Waals surface area contributed by atoms with Crippen molar-refractivity contribution in [3.05, 3.63) is 52.9 Å². The zero-order valence-corrected chi connectivity index (χ0v) is 9.77. The molecule has 92 valence electrons. The lowest BCUT2D eigenvalue weighted by molar-refractivity contribution is 0.0660. The summed E-state index contributed by atoms with van der Waals surface area (Å²) < 4.78 is 4.87. The summed E-state index contributed by atoms with van der Waals surface area (Å²) in [5, 5.41) is 11.8. The molecule has 0 fully saturated rings. The van der Waals surface area contributed by atoms with Gasteiger partial charge in [-0.05, 0) is 36.4 Å². The highest BCUT2D eigenvalue weighted by atomic mass is 35.5. The van der Waals surface area contributed by atoms with Crippen LogP contribution >= 0.6 is 11.6 Å². The first-order chi connectivity index (χ1) is 8.56. The summed E-state index contributed by atoms with van der Waals surface area (Å²) in [6.45, 7) is 0. The van der Waals surface area contributed by atoms with Gasteiger partial charge in [0.25, 0.3) is 5.91 Å². The van der Waals surface area contributed by atoms with Crippen molar-refractivity contribution in [2.75, 3.05) is 5.32 Å². The maximum absolute atomic E-state index is 11.7. The Bertz CT molecular complexity index is 588. The van der Waals surface area contributed by atoms with Crippen molar-refractivity contribution in [1.82, 2.24) is 0 Å². The maximum atomic E-state index is 11.7. The van der Waals surface area contributed by atoms with Crippen LogP contribution in [0.5, 0.6) is 0 Å². The molecule has 0 radical (unpaired) electrons. The molecule has 5 nitrogen and oxygen atoms in total. The number of hydrogen-bond donors (Lipinski definition) is 2. The number of hydrogen-bond acceptors (Lipinski definition) is 3. The Balaban J connectivity index is 2.11. The number of carboxylic acids is 1. The number of benzene rings is 1. The standard InChI is InChI=1S/C12H8ClNO4/c13-7-1-3-8(4-2-7)14-11(15)9-5-6-10(18-9)12(16)17/h1-6H,(H,14,15)(H,16,17). The van der Waals surface area contributed by atoms with Crippen molar-refractivity contribution in [3.8, 4) is 0 Å². The molecule has 0 aliphatic heterocycles. The number of carboxylic acid groups (broad SMARTS) is 1. The highest BCUT2D eigenvalue weighted by Gasteiger charge is 2.14. The summed E-state index contributed by atoms with van der Waals surface area (Å²) in [6.07, 6.45) is 0. The smallest absolute Gasteiger partial charge is 0.371 e. The van der Waals surface area contributed by atoms with Crippen LogP contribution in [0, 0.1) is 0 Å². The van der Waals surface area contributed by atoms with E-state index in [1.165, 1.54) is 12.1 Å². The lowest BCUT2D eigenvalue weighted by Crippen LogP contribution is -2.10. The van der Waals surface area contributed by atoms with Crippen molar-refractivity contribution in [1.29, 1.82) is 0 Å². The van der Waals surface area contributed by atoms with Crippen molar-refractivity contribution >= 4 is 29.2 Å². The van der Waals surface area contributed by atoms with Crippen LogP contribution in [0.15, 0.2) is 40.8 Å². The summed E-state index contributed by atoms with van der Waals surface area (Å²) in [5.41, 5.74) is 0.540. The number of anilines is 1. The van der Waals surface area contributed by atoms with Crippen LogP contribution in [0.1, 0.15) is 21.1 Å². The minimum Gasteiger partial charge on any atom is -0.475 e. The first-order valence-electron chi connectivity index (χ1n) is 4.96. The molecule has 2 rings (SSSR count). The summed E-state index contributed by atoms with van der Waals surface area (Å²) in [5.74, 6) is -2.09. The van der Waals surface area contributed by atoms with Crippen LogP contribution in [0.4, 0.5) is 5.69 Å². The number of halogens is 1. The Morgan fingerprint density at radius 2 is 1.67 bits per heavy atom. The predicted octanol–water partition coefficient (Wildman–Crippen LogP) is 2.88. The third-order valence-corrected chi connectivity index (χ3v) is 2.39. The second kappa shape index (κ2) is 4.93. The van der Waals surface area contributed by atoms with Gasteiger partial charge in [-0.2, -0.15) is 0 Å². The Kier molecular flexibility index (Phi) is 3.34. The van der Waals surface area contributed by atoms with Gasteiger partial charge in [-0.25, -0.2) is 4.79 Å². The molecule has 0 aliphatic carbocycles. The lowest BCUT2D eigenvalue weighted by Gasteiger charge is -2.02. The molecule has 2 aromatic rings. The molecule has 1 amide bonds.